The van der Waals surface area contributed by atoms with E-state index in [1.54, 1.807) is 51.4 Å². The molecule has 10 saturated carbocycles. The van der Waals surface area contributed by atoms with Crippen LogP contribution in [0.1, 0.15) is 355 Å². The third-order valence-electron chi connectivity index (χ3n) is 24.2. The minimum Gasteiger partial charge on any atom is -0.381 e. The molecule has 0 heterocycles. The third-order valence-corrected chi connectivity index (χ3v) is 24.2. The average Bonchev–Trinajstić information content (AvgIpc) is 1.44. The summed E-state index contributed by atoms with van der Waals surface area (Å²) in [5, 5.41) is 0. The van der Waals surface area contributed by atoms with Crippen molar-refractivity contribution in [3.8, 4) is 0 Å². The maximum Gasteiger partial charge on any atom is 0.0576 e. The molecule has 12 rings (SSSR count). The van der Waals surface area contributed by atoms with E-state index in [0.717, 1.165) is 82.9 Å². The van der Waals surface area contributed by atoms with Crippen molar-refractivity contribution < 1.29 is 93.7 Å². The van der Waals surface area contributed by atoms with Crippen LogP contribution in [0, 0.1) is 89.8 Å². The summed E-state index contributed by atoms with van der Waals surface area (Å²) in [6.07, 6.45) is 71.9. The molecule has 0 saturated heterocycles. The number of hydrogen-bond acceptors (Lipinski definition) is 2. The van der Waals surface area contributed by atoms with Gasteiger partial charge in [-0.3, -0.25) is 0 Å². The van der Waals surface area contributed by atoms with Gasteiger partial charge in [0, 0.05) is 98.5 Å². The Bertz CT molecular complexity index is 1620. The molecule has 2 nitrogen and oxygen atoms in total. The van der Waals surface area contributed by atoms with Gasteiger partial charge in [0.1, 0.15) is 0 Å². The number of rotatable bonds is 6. The fourth-order valence-corrected chi connectivity index (χ4v) is 18.7. The molecule has 0 aromatic heterocycles. The standard InChI is InChI=1S/C22H40O2.C22H40.4C7H14.C7H8.C6H6.4W/c1-23-21-13-19(17-9-5-3-6-10-17)15-22(24-2)16-20(14-21)18-11-7-4-8-12-18;1-17-13-21(19-9-5-3-6-10-19)15-18(2)16-22(14-17)20-11-7-4-8-12-20;5*1-7-5-3-2-4-6-7;1-2-4-6-5-3-1;;;;/h17-22H,3-16H2,1-2H3;17-22H,3-16H2,1-2H3;4*7H,2-6H2,1H3;2-6H,1H3;1-6H;;;;. The molecule has 0 N–H and O–H groups in total. The van der Waals surface area contributed by atoms with Gasteiger partial charge in [-0.15, -0.1) is 0 Å². The molecule has 0 aliphatic heterocycles. The van der Waals surface area contributed by atoms with E-state index >= 15 is 0 Å². The summed E-state index contributed by atoms with van der Waals surface area (Å²) in [5.74, 6) is 14.0. The Hall–Kier alpha value is 1.11. The number of hydrogen-bond donors (Lipinski definition) is 0. The van der Waals surface area contributed by atoms with Gasteiger partial charge < -0.3 is 9.47 Å². The van der Waals surface area contributed by atoms with E-state index in [9.17, 15) is 0 Å². The Morgan fingerprint density at radius 3 is 0.549 bits per heavy atom. The topological polar surface area (TPSA) is 18.5 Å². The Labute approximate surface area is 626 Å². The van der Waals surface area contributed by atoms with E-state index < -0.39 is 0 Å². The van der Waals surface area contributed by atoms with E-state index in [2.05, 4.69) is 60.6 Å². The Morgan fingerprint density at radius 2 is 0.396 bits per heavy atom. The predicted octanol–water partition coefficient (Wildman–Crippen LogP) is 27.2. The van der Waals surface area contributed by atoms with Crippen molar-refractivity contribution in [3.05, 3.63) is 72.3 Å². The van der Waals surface area contributed by atoms with Crippen LogP contribution in [-0.4, -0.2) is 26.4 Å². The number of ether oxygens (including phenoxy) is 2. The smallest absolute Gasteiger partial charge is 0.0576 e. The summed E-state index contributed by atoms with van der Waals surface area (Å²) in [5.41, 5.74) is 1.32. The van der Waals surface area contributed by atoms with Gasteiger partial charge in [0.15, 0.2) is 0 Å². The first-order chi connectivity index (χ1) is 42.5. The van der Waals surface area contributed by atoms with Crippen LogP contribution in [0.15, 0.2) is 66.7 Å². The van der Waals surface area contributed by atoms with Crippen molar-refractivity contribution in [1.82, 2.24) is 0 Å². The van der Waals surface area contributed by atoms with E-state index in [0.29, 0.717) is 12.2 Å². The second-order valence-electron chi connectivity index (χ2n) is 32.2. The van der Waals surface area contributed by atoms with Gasteiger partial charge >= 0.3 is 0 Å². The Morgan fingerprint density at radius 1 is 0.220 bits per heavy atom. The number of methoxy groups -OCH3 is 2. The molecule has 0 unspecified atom stereocenters. The van der Waals surface area contributed by atoms with Crippen LogP contribution in [0.3, 0.4) is 0 Å². The molecule has 2 aromatic carbocycles. The maximum atomic E-state index is 6.00. The molecule has 0 amide bonds. The average molecular weight is 1940 g/mol. The third kappa shape index (κ3) is 42.1. The Kier molecular flexibility index (Phi) is 57.3. The summed E-state index contributed by atoms with van der Waals surface area (Å²) < 4.78 is 12.0. The minimum absolute atomic E-state index is 0. The summed E-state index contributed by atoms with van der Waals surface area (Å²) in [7, 11) is 3.91. The summed E-state index contributed by atoms with van der Waals surface area (Å²) >= 11 is 0. The monoisotopic (exact) mass is 1940 g/mol. The number of benzene rings is 2. The van der Waals surface area contributed by atoms with Crippen LogP contribution in [0.25, 0.3) is 0 Å². The van der Waals surface area contributed by atoms with E-state index in [1.165, 1.54) is 262 Å². The molecule has 10 aliphatic carbocycles. The minimum atomic E-state index is 0. The molecule has 0 spiro atoms. The van der Waals surface area contributed by atoms with Crippen LogP contribution in [0.5, 0.6) is 0 Å². The van der Waals surface area contributed by atoms with E-state index in [-0.39, 0.29) is 84.3 Å². The van der Waals surface area contributed by atoms with Crippen LogP contribution >= 0.6 is 0 Å². The van der Waals surface area contributed by atoms with Gasteiger partial charge in [-0.2, -0.15) is 0 Å². The van der Waals surface area contributed by atoms with Gasteiger partial charge in [0.25, 0.3) is 0 Å². The molecule has 0 atom stereocenters. The first-order valence-corrected chi connectivity index (χ1v) is 39.6. The first-order valence-electron chi connectivity index (χ1n) is 39.6. The van der Waals surface area contributed by atoms with Crippen molar-refractivity contribution in [2.24, 2.45) is 82.9 Å². The zero-order valence-electron chi connectivity index (χ0n) is 61.5. The van der Waals surface area contributed by atoms with Crippen LogP contribution in [0.2, 0.25) is 0 Å². The van der Waals surface area contributed by atoms with Crippen molar-refractivity contribution in [1.29, 1.82) is 0 Å². The quantitative estimate of drug-likeness (QED) is 0.287. The zero-order valence-corrected chi connectivity index (χ0v) is 73.2. The second-order valence-corrected chi connectivity index (χ2v) is 32.2. The fraction of sp³-hybridized carbons (Fsp3) is 0.859. The molecule has 10 fully saturated rings. The van der Waals surface area contributed by atoms with Gasteiger partial charge in [-0.05, 0) is 141 Å². The molecule has 6 heteroatoms. The molecule has 91 heavy (non-hydrogen) atoms. The van der Waals surface area contributed by atoms with Crippen molar-refractivity contribution in [2.75, 3.05) is 14.2 Å². The first kappa shape index (κ1) is 90.1. The van der Waals surface area contributed by atoms with Crippen molar-refractivity contribution >= 4 is 0 Å². The molecular formula is C85H150O2W4. The van der Waals surface area contributed by atoms with E-state index in [4.69, 9.17) is 9.47 Å². The summed E-state index contributed by atoms with van der Waals surface area (Å²) in [4.78, 5) is 0. The molecule has 0 radical (unpaired) electrons. The normalized spacial score (nSPS) is 28.6. The molecule has 526 valence electrons. The van der Waals surface area contributed by atoms with Gasteiger partial charge in [-0.1, -0.05) is 371 Å². The summed E-state index contributed by atoms with van der Waals surface area (Å²) in [6.45, 7) is 16.7. The van der Waals surface area contributed by atoms with Crippen molar-refractivity contribution in [3.63, 3.8) is 0 Å². The maximum absolute atomic E-state index is 6.00. The van der Waals surface area contributed by atoms with Gasteiger partial charge in [0.05, 0.1) is 12.2 Å². The largest absolute Gasteiger partial charge is 0.381 e. The van der Waals surface area contributed by atoms with Crippen LogP contribution in [-0.2, 0) is 93.7 Å². The van der Waals surface area contributed by atoms with Crippen LogP contribution in [0.4, 0.5) is 0 Å². The molecule has 10 aliphatic rings. The SMILES string of the molecule is CC1CC(C2CCCCC2)CC(C)CC(C2CCCCC2)C1.CC1CCCCC1.CC1CCCCC1.CC1CCCCC1.CC1CCCCC1.COC1CC(C2CCCCC2)CC(OC)CC(C2CCCCC2)C1.Cc1ccccc1.[W].[W].[W].[W].c1ccccc1. The Balaban J connectivity index is 0.000000557. The van der Waals surface area contributed by atoms with Crippen molar-refractivity contribution in [2.45, 2.75) is 369 Å². The zero-order chi connectivity index (χ0) is 61.9. The fourth-order valence-electron chi connectivity index (χ4n) is 18.7. The number of aryl methyl sites for hydroxylation is 1. The molecule has 2 aromatic rings. The van der Waals surface area contributed by atoms with Gasteiger partial charge in [-0.25, -0.2) is 0 Å². The predicted molar refractivity (Wildman–Crippen MR) is 384 cm³/mol. The molecule has 0 bridgehead atoms. The molecular weight excluding hydrogens is 1790 g/mol. The van der Waals surface area contributed by atoms with Gasteiger partial charge in [0.2, 0.25) is 0 Å². The van der Waals surface area contributed by atoms with Crippen LogP contribution < -0.4 is 0 Å². The van der Waals surface area contributed by atoms with E-state index in [1.807, 2.05) is 68.8 Å². The second kappa shape index (κ2) is 57.8. The summed E-state index contributed by atoms with van der Waals surface area (Å²) in [6, 6.07) is 22.3.